The summed E-state index contributed by atoms with van der Waals surface area (Å²) in [6.07, 6.45) is 0.211. The van der Waals surface area contributed by atoms with Crippen LogP contribution in [-0.4, -0.2) is 17.3 Å². The fourth-order valence-electron chi connectivity index (χ4n) is 1.20. The average Bonchev–Trinajstić information content (AvgIpc) is 2.14. The van der Waals surface area contributed by atoms with Crippen LogP contribution in [0.2, 0.25) is 0 Å². The highest BCUT2D eigenvalue weighted by atomic mass is 19.1. The van der Waals surface area contributed by atoms with Gasteiger partial charge in [-0.05, 0) is 18.6 Å². The van der Waals surface area contributed by atoms with Gasteiger partial charge in [0.2, 0.25) is 5.91 Å². The number of benzene rings is 1. The normalized spacial score (nSPS) is 9.80. The number of aldehydes is 1. The fraction of sp³-hybridized carbons (Fsp3) is 0.200. The topological polar surface area (TPSA) is 66.4 Å². The predicted molar refractivity (Wildman–Crippen MR) is 52.5 cm³/mol. The van der Waals surface area contributed by atoms with E-state index in [4.69, 9.17) is 0 Å². The van der Waals surface area contributed by atoms with Gasteiger partial charge in [0.05, 0.1) is 11.3 Å². The zero-order valence-electron chi connectivity index (χ0n) is 8.30. The Morgan fingerprint density at radius 3 is 2.67 bits per heavy atom. The molecule has 1 amide bonds. The number of rotatable bonds is 2. The second-order valence-corrected chi connectivity index (χ2v) is 3.12. The number of halogens is 1. The van der Waals surface area contributed by atoms with Crippen LogP contribution >= 0.6 is 0 Å². The van der Waals surface area contributed by atoms with E-state index < -0.39 is 23.0 Å². The summed E-state index contributed by atoms with van der Waals surface area (Å²) < 4.78 is 13.3. The molecule has 0 aliphatic heterocycles. The number of anilines is 1. The van der Waals surface area contributed by atoms with Gasteiger partial charge < -0.3 is 10.4 Å². The van der Waals surface area contributed by atoms with Gasteiger partial charge in [-0.1, -0.05) is 0 Å². The number of aromatic hydroxyl groups is 1. The van der Waals surface area contributed by atoms with Crippen molar-refractivity contribution in [1.29, 1.82) is 0 Å². The molecule has 0 radical (unpaired) electrons. The third-order valence-electron chi connectivity index (χ3n) is 1.88. The lowest BCUT2D eigenvalue weighted by Crippen LogP contribution is -2.08. The molecule has 0 fully saturated rings. The molecule has 1 rings (SSSR count). The van der Waals surface area contributed by atoms with E-state index in [0.717, 1.165) is 0 Å². The summed E-state index contributed by atoms with van der Waals surface area (Å²) in [5.41, 5.74) is -0.235. The van der Waals surface area contributed by atoms with Crippen LogP contribution in [0.15, 0.2) is 6.07 Å². The van der Waals surface area contributed by atoms with Crippen LogP contribution in [0.3, 0.4) is 0 Å². The molecule has 5 heteroatoms. The van der Waals surface area contributed by atoms with Gasteiger partial charge in [0.1, 0.15) is 5.82 Å². The van der Waals surface area contributed by atoms with Crippen molar-refractivity contribution >= 4 is 17.9 Å². The highest BCUT2D eigenvalue weighted by Crippen LogP contribution is 2.30. The molecule has 0 atom stereocenters. The monoisotopic (exact) mass is 211 g/mol. The fourth-order valence-corrected chi connectivity index (χ4v) is 1.20. The molecule has 0 bridgehead atoms. The van der Waals surface area contributed by atoms with Crippen LogP contribution in [0.25, 0.3) is 0 Å². The molecule has 0 saturated heterocycles. The minimum absolute atomic E-state index is 0.0310. The quantitative estimate of drug-likeness (QED) is 0.577. The van der Waals surface area contributed by atoms with Gasteiger partial charge >= 0.3 is 0 Å². The molecule has 1 aromatic carbocycles. The highest BCUT2D eigenvalue weighted by molar-refractivity contribution is 5.93. The van der Waals surface area contributed by atoms with Crippen LogP contribution in [0, 0.1) is 12.7 Å². The molecule has 0 aliphatic carbocycles. The van der Waals surface area contributed by atoms with Crippen molar-refractivity contribution in [1.82, 2.24) is 0 Å². The van der Waals surface area contributed by atoms with E-state index in [9.17, 15) is 19.1 Å². The lowest BCUT2D eigenvalue weighted by Gasteiger charge is -2.09. The first-order chi connectivity index (χ1) is 6.97. The summed E-state index contributed by atoms with van der Waals surface area (Å²) in [5, 5.41) is 11.8. The Morgan fingerprint density at radius 1 is 1.60 bits per heavy atom. The van der Waals surface area contributed by atoms with Crippen molar-refractivity contribution in [2.45, 2.75) is 13.8 Å². The number of carbonyl (C=O) groups excluding carboxylic acids is 2. The molecule has 2 N–H and O–H groups in total. The van der Waals surface area contributed by atoms with E-state index in [0.29, 0.717) is 0 Å². The smallest absolute Gasteiger partial charge is 0.221 e. The molecule has 80 valence electrons. The number of hydrogen-bond acceptors (Lipinski definition) is 3. The first-order valence-corrected chi connectivity index (χ1v) is 4.22. The Balaban J connectivity index is 3.36. The second-order valence-electron chi connectivity index (χ2n) is 3.12. The number of phenols is 1. The summed E-state index contributed by atoms with van der Waals surface area (Å²) >= 11 is 0. The maximum atomic E-state index is 13.3. The minimum Gasteiger partial charge on any atom is -0.505 e. The summed E-state index contributed by atoms with van der Waals surface area (Å²) in [4.78, 5) is 21.3. The molecule has 0 aliphatic rings. The van der Waals surface area contributed by atoms with Gasteiger partial charge in [0, 0.05) is 6.92 Å². The molecule has 4 nitrogen and oxygen atoms in total. The van der Waals surface area contributed by atoms with Crippen LogP contribution in [-0.2, 0) is 4.79 Å². The highest BCUT2D eigenvalue weighted by Gasteiger charge is 2.15. The van der Waals surface area contributed by atoms with E-state index in [2.05, 4.69) is 5.32 Å². The lowest BCUT2D eigenvalue weighted by atomic mass is 10.1. The van der Waals surface area contributed by atoms with E-state index in [1.807, 2.05) is 0 Å². The molecule has 15 heavy (non-hydrogen) atoms. The Hall–Kier alpha value is -1.91. The zero-order valence-corrected chi connectivity index (χ0v) is 8.30. The van der Waals surface area contributed by atoms with E-state index in [1.54, 1.807) is 0 Å². The van der Waals surface area contributed by atoms with Crippen molar-refractivity contribution < 1.29 is 19.1 Å². The third kappa shape index (κ3) is 2.12. The number of phenolic OH excluding ortho intramolecular Hbond substituents is 1. The zero-order chi connectivity index (χ0) is 11.6. The van der Waals surface area contributed by atoms with Gasteiger partial charge in [-0.15, -0.1) is 0 Å². The van der Waals surface area contributed by atoms with Gasteiger partial charge in [-0.3, -0.25) is 9.59 Å². The second kappa shape index (κ2) is 4.08. The van der Waals surface area contributed by atoms with Gasteiger partial charge in [0.25, 0.3) is 0 Å². The summed E-state index contributed by atoms with van der Waals surface area (Å²) in [7, 11) is 0. The first-order valence-electron chi connectivity index (χ1n) is 4.22. The van der Waals surface area contributed by atoms with Crippen LogP contribution in [0.5, 0.6) is 5.75 Å². The Morgan fingerprint density at radius 2 is 2.20 bits per heavy atom. The number of hydrogen-bond donors (Lipinski definition) is 2. The molecular formula is C10H10FNO3. The summed E-state index contributed by atoms with van der Waals surface area (Å²) in [6, 6.07) is 1.26. The van der Waals surface area contributed by atoms with Gasteiger partial charge in [-0.2, -0.15) is 0 Å². The largest absolute Gasteiger partial charge is 0.505 e. The maximum absolute atomic E-state index is 13.3. The van der Waals surface area contributed by atoms with Crippen molar-refractivity contribution in [3.05, 3.63) is 23.0 Å². The number of carbonyl (C=O) groups is 2. The van der Waals surface area contributed by atoms with Crippen LogP contribution in [0.1, 0.15) is 22.8 Å². The number of nitrogens with one attached hydrogen (secondary N) is 1. The molecule has 0 heterocycles. The van der Waals surface area contributed by atoms with E-state index in [1.165, 1.54) is 19.9 Å². The van der Waals surface area contributed by atoms with E-state index >= 15 is 0 Å². The molecule has 0 saturated carbocycles. The summed E-state index contributed by atoms with van der Waals surface area (Å²) in [5.74, 6) is -1.74. The third-order valence-corrected chi connectivity index (χ3v) is 1.88. The van der Waals surface area contributed by atoms with Crippen molar-refractivity contribution in [2.24, 2.45) is 0 Å². The molecule has 0 aromatic heterocycles. The molecule has 1 aromatic rings. The van der Waals surface area contributed by atoms with Crippen molar-refractivity contribution in [3.8, 4) is 5.75 Å². The lowest BCUT2D eigenvalue weighted by molar-refractivity contribution is -0.114. The van der Waals surface area contributed by atoms with Crippen molar-refractivity contribution in [3.63, 3.8) is 0 Å². The van der Waals surface area contributed by atoms with Crippen molar-refractivity contribution in [2.75, 3.05) is 5.32 Å². The molecule has 0 spiro atoms. The first kappa shape index (κ1) is 11.2. The van der Waals surface area contributed by atoms with Gasteiger partial charge in [0.15, 0.2) is 12.0 Å². The number of aryl methyl sites for hydroxylation is 1. The Bertz CT molecular complexity index is 429. The molecular weight excluding hydrogens is 201 g/mol. The van der Waals surface area contributed by atoms with Crippen LogP contribution < -0.4 is 5.32 Å². The summed E-state index contributed by atoms with van der Waals surface area (Å²) in [6.45, 7) is 2.69. The Labute approximate surface area is 85.7 Å². The van der Waals surface area contributed by atoms with Crippen LogP contribution in [0.4, 0.5) is 10.1 Å². The van der Waals surface area contributed by atoms with E-state index in [-0.39, 0.29) is 17.5 Å². The SMILES string of the molecule is CC(=O)Nc1cc(C)c(F)c(C=O)c1O. The predicted octanol–water partition coefficient (Wildman–Crippen LogP) is 1.61. The van der Waals surface area contributed by atoms with Gasteiger partial charge in [-0.25, -0.2) is 4.39 Å². The average molecular weight is 211 g/mol. The number of amides is 1. The minimum atomic E-state index is -0.781. The molecule has 0 unspecified atom stereocenters. The standard InChI is InChI=1S/C10H10FNO3/c1-5-3-8(12-6(2)14)10(15)7(4-13)9(5)11/h3-4,15H,1-2H3,(H,12,14). The Kier molecular flexibility index (Phi) is 3.04. The maximum Gasteiger partial charge on any atom is 0.221 e.